The van der Waals surface area contributed by atoms with Crippen molar-refractivity contribution >= 4 is 11.7 Å². The molecule has 0 spiro atoms. The number of methoxy groups -OCH3 is 1. The van der Waals surface area contributed by atoms with E-state index in [9.17, 15) is 9.90 Å². The standard InChI is InChI=1S/C17H18N4O3/c1-3-12(13-10-21-9-5-8-18-17(21)20-13)19-16(23)11-6-4-7-14(24-2)15(11)22/h4-10,12,22H,3H2,1-2H3,(H,19,23). The van der Waals surface area contributed by atoms with Crippen molar-refractivity contribution in [2.75, 3.05) is 7.11 Å². The predicted molar refractivity (Wildman–Crippen MR) is 88.1 cm³/mol. The van der Waals surface area contributed by atoms with Gasteiger partial charge in [-0.15, -0.1) is 0 Å². The smallest absolute Gasteiger partial charge is 0.255 e. The summed E-state index contributed by atoms with van der Waals surface area (Å²) in [5, 5.41) is 13.0. The number of hydrogen-bond donors (Lipinski definition) is 2. The molecular formula is C17H18N4O3. The molecule has 7 nitrogen and oxygen atoms in total. The van der Waals surface area contributed by atoms with Gasteiger partial charge in [0.05, 0.1) is 24.4 Å². The number of fused-ring (bicyclic) bond motifs is 1. The van der Waals surface area contributed by atoms with Crippen LogP contribution in [0.5, 0.6) is 11.5 Å². The number of carbonyl (C=O) groups excluding carboxylic acids is 1. The number of nitrogens with one attached hydrogen (secondary N) is 1. The van der Waals surface area contributed by atoms with Gasteiger partial charge in [-0.2, -0.15) is 0 Å². The highest BCUT2D eigenvalue weighted by molar-refractivity contribution is 5.97. The molecule has 2 aromatic heterocycles. The van der Waals surface area contributed by atoms with Crippen LogP contribution in [-0.4, -0.2) is 32.5 Å². The van der Waals surface area contributed by atoms with E-state index in [1.54, 1.807) is 28.8 Å². The zero-order chi connectivity index (χ0) is 17.1. The maximum Gasteiger partial charge on any atom is 0.255 e. The fourth-order valence-electron chi connectivity index (χ4n) is 2.51. The second-order valence-corrected chi connectivity index (χ2v) is 5.28. The van der Waals surface area contributed by atoms with Gasteiger partial charge in [0.1, 0.15) is 0 Å². The minimum Gasteiger partial charge on any atom is -0.504 e. The highest BCUT2D eigenvalue weighted by atomic mass is 16.5. The van der Waals surface area contributed by atoms with Crippen LogP contribution in [0.25, 0.3) is 5.78 Å². The van der Waals surface area contributed by atoms with E-state index in [0.717, 1.165) is 0 Å². The summed E-state index contributed by atoms with van der Waals surface area (Å²) in [5.74, 6) is 0.268. The molecule has 0 aliphatic carbocycles. The number of aromatic hydroxyl groups is 1. The third kappa shape index (κ3) is 2.88. The molecule has 1 unspecified atom stereocenters. The van der Waals surface area contributed by atoms with Crippen molar-refractivity contribution in [2.45, 2.75) is 19.4 Å². The van der Waals surface area contributed by atoms with Crippen LogP contribution in [0.4, 0.5) is 0 Å². The molecule has 2 N–H and O–H groups in total. The van der Waals surface area contributed by atoms with Crippen molar-refractivity contribution in [2.24, 2.45) is 0 Å². The highest BCUT2D eigenvalue weighted by Crippen LogP contribution is 2.29. The van der Waals surface area contributed by atoms with Crippen molar-refractivity contribution in [1.29, 1.82) is 0 Å². The average molecular weight is 326 g/mol. The first-order chi connectivity index (χ1) is 11.6. The van der Waals surface area contributed by atoms with Crippen LogP contribution in [0.15, 0.2) is 42.9 Å². The van der Waals surface area contributed by atoms with Crippen LogP contribution in [0, 0.1) is 0 Å². The fourth-order valence-corrected chi connectivity index (χ4v) is 2.51. The van der Waals surface area contributed by atoms with Gasteiger partial charge in [-0.05, 0) is 24.6 Å². The van der Waals surface area contributed by atoms with E-state index < -0.39 is 0 Å². The van der Waals surface area contributed by atoms with Crippen LogP contribution in [-0.2, 0) is 0 Å². The molecule has 0 radical (unpaired) electrons. The largest absolute Gasteiger partial charge is 0.504 e. The minimum atomic E-state index is -0.386. The first kappa shape index (κ1) is 15.8. The monoisotopic (exact) mass is 326 g/mol. The number of ether oxygens (including phenoxy) is 1. The Hall–Kier alpha value is -3.09. The molecule has 1 amide bonds. The molecule has 0 fully saturated rings. The predicted octanol–water partition coefficient (Wildman–Crippen LogP) is 2.32. The number of para-hydroxylation sites is 1. The number of phenolic OH excluding ortho intramolecular Hbond substituents is 1. The highest BCUT2D eigenvalue weighted by Gasteiger charge is 2.20. The summed E-state index contributed by atoms with van der Waals surface area (Å²) in [6, 6.07) is 6.32. The third-order valence-electron chi connectivity index (χ3n) is 3.79. The molecule has 7 heteroatoms. The molecule has 3 rings (SSSR count). The van der Waals surface area contributed by atoms with Crippen molar-refractivity contribution in [3.63, 3.8) is 0 Å². The minimum absolute atomic E-state index is 0.162. The van der Waals surface area contributed by atoms with Crippen LogP contribution >= 0.6 is 0 Å². The van der Waals surface area contributed by atoms with Crippen LogP contribution in [0.1, 0.15) is 35.4 Å². The molecule has 0 saturated heterocycles. The van der Waals surface area contributed by atoms with Gasteiger partial charge in [0.2, 0.25) is 5.78 Å². The number of imidazole rings is 1. The van der Waals surface area contributed by atoms with E-state index in [4.69, 9.17) is 4.74 Å². The third-order valence-corrected chi connectivity index (χ3v) is 3.79. The van der Waals surface area contributed by atoms with Crippen LogP contribution in [0.2, 0.25) is 0 Å². The Morgan fingerprint density at radius 1 is 1.42 bits per heavy atom. The summed E-state index contributed by atoms with van der Waals surface area (Å²) in [7, 11) is 1.44. The number of amides is 1. The van der Waals surface area contributed by atoms with Crippen molar-refractivity contribution in [1.82, 2.24) is 19.7 Å². The number of rotatable bonds is 5. The summed E-state index contributed by atoms with van der Waals surface area (Å²) in [5.41, 5.74) is 0.877. The van der Waals surface area contributed by atoms with E-state index in [1.807, 2.05) is 25.4 Å². The quantitative estimate of drug-likeness (QED) is 0.751. The van der Waals surface area contributed by atoms with Gasteiger partial charge in [-0.25, -0.2) is 9.97 Å². The zero-order valence-electron chi connectivity index (χ0n) is 13.4. The summed E-state index contributed by atoms with van der Waals surface area (Å²) < 4.78 is 6.84. The second-order valence-electron chi connectivity index (χ2n) is 5.28. The molecule has 24 heavy (non-hydrogen) atoms. The molecule has 0 bridgehead atoms. The number of carbonyl (C=O) groups is 1. The van der Waals surface area contributed by atoms with Crippen LogP contribution < -0.4 is 10.1 Å². The SMILES string of the molecule is CCC(NC(=O)c1cccc(OC)c1O)c1cn2cccnc2n1. The lowest BCUT2D eigenvalue weighted by atomic mass is 10.1. The summed E-state index contributed by atoms with van der Waals surface area (Å²) in [6.45, 7) is 1.95. The Bertz CT molecular complexity index is 842. The van der Waals surface area contributed by atoms with Gasteiger partial charge < -0.3 is 15.2 Å². The molecule has 0 aliphatic heterocycles. The summed E-state index contributed by atoms with van der Waals surface area (Å²) >= 11 is 0. The van der Waals surface area contributed by atoms with E-state index >= 15 is 0 Å². The Balaban J connectivity index is 1.86. The first-order valence-electron chi connectivity index (χ1n) is 7.60. The molecular weight excluding hydrogens is 308 g/mol. The number of phenols is 1. The molecule has 2 heterocycles. The molecule has 0 saturated carbocycles. The molecule has 0 aliphatic rings. The van der Waals surface area contributed by atoms with Crippen molar-refractivity contribution in [3.8, 4) is 11.5 Å². The van der Waals surface area contributed by atoms with Crippen LogP contribution in [0.3, 0.4) is 0 Å². The van der Waals surface area contributed by atoms with E-state index in [1.165, 1.54) is 7.11 Å². The lowest BCUT2D eigenvalue weighted by Crippen LogP contribution is -2.28. The number of nitrogens with zero attached hydrogens (tertiary/aromatic N) is 3. The topological polar surface area (TPSA) is 88.8 Å². The van der Waals surface area contributed by atoms with Gasteiger partial charge in [0.15, 0.2) is 11.5 Å². The van der Waals surface area contributed by atoms with Gasteiger partial charge in [0, 0.05) is 18.6 Å². The molecule has 124 valence electrons. The summed E-state index contributed by atoms with van der Waals surface area (Å²) in [4.78, 5) is 21.1. The van der Waals surface area contributed by atoms with E-state index in [2.05, 4.69) is 15.3 Å². The van der Waals surface area contributed by atoms with E-state index in [0.29, 0.717) is 17.9 Å². The fraction of sp³-hybridized carbons (Fsp3) is 0.235. The van der Waals surface area contributed by atoms with Gasteiger partial charge in [-0.3, -0.25) is 9.20 Å². The molecule has 1 aromatic carbocycles. The Kier molecular flexibility index (Phi) is 4.33. The molecule has 1 atom stereocenters. The van der Waals surface area contributed by atoms with Gasteiger partial charge in [-0.1, -0.05) is 13.0 Å². The number of aromatic nitrogens is 3. The first-order valence-corrected chi connectivity index (χ1v) is 7.60. The Morgan fingerprint density at radius 3 is 2.96 bits per heavy atom. The van der Waals surface area contributed by atoms with E-state index in [-0.39, 0.29) is 29.0 Å². The van der Waals surface area contributed by atoms with Crippen molar-refractivity contribution in [3.05, 3.63) is 54.1 Å². The van der Waals surface area contributed by atoms with Gasteiger partial charge >= 0.3 is 0 Å². The number of benzene rings is 1. The normalized spacial score (nSPS) is 12.1. The lowest BCUT2D eigenvalue weighted by molar-refractivity contribution is 0.0931. The maximum absolute atomic E-state index is 12.5. The Morgan fingerprint density at radius 2 is 2.25 bits per heavy atom. The average Bonchev–Trinajstić information content (AvgIpc) is 3.03. The van der Waals surface area contributed by atoms with Crippen molar-refractivity contribution < 1.29 is 14.6 Å². The Labute approximate surface area is 138 Å². The second kappa shape index (κ2) is 6.57. The maximum atomic E-state index is 12.5. The van der Waals surface area contributed by atoms with Gasteiger partial charge in [0.25, 0.3) is 5.91 Å². The molecule has 3 aromatic rings. The lowest BCUT2D eigenvalue weighted by Gasteiger charge is -2.16. The zero-order valence-corrected chi connectivity index (χ0v) is 13.4. The summed E-state index contributed by atoms with van der Waals surface area (Å²) in [6.07, 6.45) is 6.00. The number of hydrogen-bond acceptors (Lipinski definition) is 5.